The van der Waals surface area contributed by atoms with Crippen molar-refractivity contribution in [2.45, 2.75) is 45.3 Å². The average molecular weight is 484 g/mol. The average Bonchev–Trinajstić information content (AvgIpc) is 3.42. The number of carbonyl (C=O) groups is 2. The topological polar surface area (TPSA) is 101 Å². The summed E-state index contributed by atoms with van der Waals surface area (Å²) in [5.74, 6) is -0.223. The fourth-order valence-electron chi connectivity index (χ4n) is 3.42. The van der Waals surface area contributed by atoms with Gasteiger partial charge in [0.25, 0.3) is 0 Å². The number of thiazole rings is 1. The number of nitriles is 1. The summed E-state index contributed by atoms with van der Waals surface area (Å²) in [7, 11) is 0. The quantitative estimate of drug-likeness (QED) is 0.371. The maximum atomic E-state index is 12.6. The minimum Gasteiger partial charge on any atom is -0.431 e. The van der Waals surface area contributed by atoms with Crippen LogP contribution in [0.15, 0.2) is 48.5 Å². The van der Waals surface area contributed by atoms with Gasteiger partial charge < -0.3 is 14.8 Å². The van der Waals surface area contributed by atoms with Crippen LogP contribution < -0.4 is 5.32 Å². The molecule has 172 valence electrons. The van der Waals surface area contributed by atoms with Gasteiger partial charge in [0.05, 0.1) is 5.56 Å². The van der Waals surface area contributed by atoms with Crippen molar-refractivity contribution in [2.24, 2.45) is 5.92 Å². The zero-order valence-corrected chi connectivity index (χ0v) is 20.0. The maximum Gasteiger partial charge on any atom is 0.508 e. The predicted octanol–water partition coefficient (Wildman–Crippen LogP) is 5.55. The summed E-state index contributed by atoms with van der Waals surface area (Å²) in [4.78, 5) is 29.6. The molecule has 1 amide bonds. The summed E-state index contributed by atoms with van der Waals surface area (Å²) in [5, 5.41) is 15.6. The number of nitrogens with zero attached hydrogens (tertiary/aromatic N) is 2. The van der Waals surface area contributed by atoms with Gasteiger partial charge in [-0.1, -0.05) is 43.9 Å². The van der Waals surface area contributed by atoms with E-state index in [2.05, 4.69) is 29.5 Å². The molecule has 2 aromatic rings. The lowest BCUT2D eigenvalue weighted by Gasteiger charge is -2.21. The molecule has 1 aliphatic carbocycles. The number of ether oxygens (including phenoxy) is 2. The Morgan fingerprint density at radius 1 is 1.48 bits per heavy atom. The zero-order chi connectivity index (χ0) is 23.8. The molecule has 0 spiro atoms. The molecule has 2 atom stereocenters. The summed E-state index contributed by atoms with van der Waals surface area (Å²) >= 11 is 2.76. The number of carbonyl (C=O) groups excluding carboxylic acids is 2. The van der Waals surface area contributed by atoms with E-state index in [1.165, 1.54) is 22.7 Å². The van der Waals surface area contributed by atoms with Crippen LogP contribution in [0.4, 0.5) is 9.80 Å². The van der Waals surface area contributed by atoms with E-state index in [4.69, 9.17) is 9.47 Å². The van der Waals surface area contributed by atoms with Crippen molar-refractivity contribution >= 4 is 39.7 Å². The normalized spacial score (nSPS) is 15.8. The summed E-state index contributed by atoms with van der Waals surface area (Å²) in [6.45, 7) is 9.61. The third-order valence-electron chi connectivity index (χ3n) is 5.22. The van der Waals surface area contributed by atoms with E-state index in [-0.39, 0.29) is 31.0 Å². The van der Waals surface area contributed by atoms with Gasteiger partial charge in [-0.05, 0) is 24.3 Å². The molecular weight excluding hydrogens is 458 g/mol. The van der Waals surface area contributed by atoms with Crippen LogP contribution in [-0.2, 0) is 33.7 Å². The van der Waals surface area contributed by atoms with Gasteiger partial charge in [-0.15, -0.1) is 22.7 Å². The van der Waals surface area contributed by atoms with Crippen molar-refractivity contribution in [1.29, 1.82) is 5.26 Å². The minimum absolute atomic E-state index is 0.0468. The molecule has 1 N–H and O–H groups in total. The Labute approximate surface area is 201 Å². The molecule has 0 aliphatic heterocycles. The van der Waals surface area contributed by atoms with Crippen LogP contribution in [0, 0.1) is 17.2 Å². The Kier molecular flexibility index (Phi) is 8.58. The van der Waals surface area contributed by atoms with Crippen LogP contribution in [0.5, 0.6) is 0 Å². The Hall–Kier alpha value is -3.22. The van der Waals surface area contributed by atoms with Crippen LogP contribution >= 0.6 is 22.7 Å². The molecule has 2 heterocycles. The van der Waals surface area contributed by atoms with Crippen LogP contribution in [0.25, 0.3) is 0 Å². The highest BCUT2D eigenvalue weighted by molar-refractivity contribution is 7.16. The van der Waals surface area contributed by atoms with Gasteiger partial charge in [0.1, 0.15) is 28.8 Å². The molecular formula is C24H25N3O4S2. The molecule has 0 radical (unpaired) electrons. The zero-order valence-electron chi connectivity index (χ0n) is 18.3. The molecule has 33 heavy (non-hydrogen) atoms. The number of anilines is 1. The van der Waals surface area contributed by atoms with Crippen molar-refractivity contribution in [3.05, 3.63) is 69.5 Å². The van der Waals surface area contributed by atoms with Crippen molar-refractivity contribution in [3.8, 4) is 6.07 Å². The second kappa shape index (κ2) is 11.6. The minimum atomic E-state index is -0.732. The first-order chi connectivity index (χ1) is 15.9. The number of hydrogen-bond acceptors (Lipinski definition) is 8. The van der Waals surface area contributed by atoms with E-state index < -0.39 is 6.16 Å². The molecule has 0 bridgehead atoms. The number of thiophene rings is 1. The molecule has 3 rings (SSSR count). The summed E-state index contributed by atoms with van der Waals surface area (Å²) in [6, 6.07) is 2.22. The maximum absolute atomic E-state index is 12.6. The number of amides is 1. The Morgan fingerprint density at radius 2 is 2.30 bits per heavy atom. The third-order valence-corrected chi connectivity index (χ3v) is 7.14. The van der Waals surface area contributed by atoms with Gasteiger partial charge >= 0.3 is 6.16 Å². The molecule has 9 heteroatoms. The van der Waals surface area contributed by atoms with Gasteiger partial charge in [0.2, 0.25) is 5.91 Å². The van der Waals surface area contributed by atoms with Crippen LogP contribution in [-0.4, -0.2) is 23.2 Å². The van der Waals surface area contributed by atoms with E-state index in [0.29, 0.717) is 34.8 Å². The highest BCUT2D eigenvalue weighted by Gasteiger charge is 2.29. The Morgan fingerprint density at radius 3 is 3.00 bits per heavy atom. The summed E-state index contributed by atoms with van der Waals surface area (Å²) < 4.78 is 10.6. The second-order valence-electron chi connectivity index (χ2n) is 7.59. The number of fused-ring (bicyclic) bond motifs is 1. The first-order valence-electron chi connectivity index (χ1n) is 10.4. The molecule has 0 saturated heterocycles. The largest absolute Gasteiger partial charge is 0.508 e. The molecule has 0 saturated carbocycles. The van der Waals surface area contributed by atoms with E-state index in [9.17, 15) is 14.9 Å². The van der Waals surface area contributed by atoms with Crippen molar-refractivity contribution in [2.75, 3.05) is 5.32 Å². The summed E-state index contributed by atoms with van der Waals surface area (Å²) in [5.41, 5.74) is 2.24. The van der Waals surface area contributed by atoms with Gasteiger partial charge in [-0.25, -0.2) is 9.78 Å². The van der Waals surface area contributed by atoms with Crippen LogP contribution in [0.3, 0.4) is 0 Å². The summed E-state index contributed by atoms with van der Waals surface area (Å²) in [6.07, 6.45) is 7.77. The second-order valence-corrected chi connectivity index (χ2v) is 9.67. The number of aromatic nitrogens is 1. The lowest BCUT2D eigenvalue weighted by atomic mass is 9.93. The first kappa shape index (κ1) is 24.4. The first-order valence-corrected chi connectivity index (χ1v) is 12.1. The Balaban J connectivity index is 1.58. The van der Waals surface area contributed by atoms with Crippen LogP contribution in [0.2, 0.25) is 0 Å². The number of nitrogens with one attached hydrogen (secondary N) is 1. The fraction of sp³-hybridized carbons (Fsp3) is 0.333. The van der Waals surface area contributed by atoms with Crippen molar-refractivity contribution in [3.63, 3.8) is 0 Å². The van der Waals surface area contributed by atoms with Gasteiger partial charge in [0, 0.05) is 29.3 Å². The van der Waals surface area contributed by atoms with E-state index in [1.807, 2.05) is 18.4 Å². The SMILES string of the molecule is C=C/C=C\C(=C)C(C)CC(=O)Nc1sc2c(c1C#N)CCC(OC(=O)OCc1nccs1)C2. The molecule has 7 nitrogen and oxygen atoms in total. The number of rotatable bonds is 9. The predicted molar refractivity (Wildman–Crippen MR) is 129 cm³/mol. The van der Waals surface area contributed by atoms with Crippen molar-refractivity contribution < 1.29 is 19.1 Å². The lowest BCUT2D eigenvalue weighted by molar-refractivity contribution is -0.116. The van der Waals surface area contributed by atoms with E-state index in [1.54, 1.807) is 18.3 Å². The number of allylic oxidation sites excluding steroid dienone is 4. The molecule has 1 aliphatic rings. The van der Waals surface area contributed by atoms with Crippen molar-refractivity contribution in [1.82, 2.24) is 4.98 Å². The van der Waals surface area contributed by atoms with Crippen LogP contribution in [0.1, 0.15) is 40.8 Å². The molecule has 2 unspecified atom stereocenters. The highest BCUT2D eigenvalue weighted by atomic mass is 32.1. The smallest absolute Gasteiger partial charge is 0.431 e. The lowest BCUT2D eigenvalue weighted by Crippen LogP contribution is -2.25. The molecule has 0 fully saturated rings. The Bertz CT molecular complexity index is 1100. The standard InChI is InChI=1S/C24H25N3O4S2/c1-4-5-6-15(2)16(3)11-21(28)27-23-19(13-25)18-8-7-17(12-20(18)33-23)31-24(29)30-14-22-26-9-10-32-22/h4-6,9-10,16-17H,1-2,7-8,11-12,14H2,3H3,(H,27,28)/b6-5-. The van der Waals surface area contributed by atoms with E-state index >= 15 is 0 Å². The third kappa shape index (κ3) is 6.63. The van der Waals surface area contributed by atoms with Gasteiger partial charge in [-0.3, -0.25) is 4.79 Å². The molecule has 2 aromatic heterocycles. The molecule has 0 aromatic carbocycles. The van der Waals surface area contributed by atoms with Gasteiger partial charge in [0.15, 0.2) is 0 Å². The van der Waals surface area contributed by atoms with Gasteiger partial charge in [-0.2, -0.15) is 5.26 Å². The van der Waals surface area contributed by atoms with E-state index in [0.717, 1.165) is 16.0 Å². The highest BCUT2D eigenvalue weighted by Crippen LogP contribution is 2.38. The number of hydrogen-bond donors (Lipinski definition) is 1. The monoisotopic (exact) mass is 483 g/mol. The fourth-order valence-corrected chi connectivity index (χ4v) is 5.23.